The molecule has 2 nitrogen and oxygen atoms in total. The van der Waals surface area contributed by atoms with Crippen LogP contribution < -0.4 is 0 Å². The second kappa shape index (κ2) is 9.40. The third-order valence-electron chi connectivity index (χ3n) is 2.39. The average molecular weight is 271 g/mol. The zero-order chi connectivity index (χ0) is 9.68. The summed E-state index contributed by atoms with van der Waals surface area (Å²) in [5.74, 6) is 0. The van der Waals surface area contributed by atoms with E-state index in [0.717, 1.165) is 26.1 Å². The second-order valence-corrected chi connectivity index (χ2v) is 4.08. The monoisotopic (exact) mass is 270 g/mol. The number of aryl methyl sites for hydroxylation is 1. The fourth-order valence-electron chi connectivity index (χ4n) is 1.37. The summed E-state index contributed by atoms with van der Waals surface area (Å²) < 4.78 is 0. The molecule has 0 aliphatic rings. The molecule has 0 N–H and O–H groups in total. The lowest BCUT2D eigenvalue weighted by Crippen LogP contribution is -2.25. The number of nitrogens with zero attached hydrogens (tertiary/aromatic N) is 2. The highest BCUT2D eigenvalue weighted by Gasteiger charge is 2.03. The van der Waals surface area contributed by atoms with Gasteiger partial charge in [-0.3, -0.25) is 0 Å². The van der Waals surface area contributed by atoms with E-state index < -0.39 is 0 Å². The number of likely N-dealkylation sites (N-methyl/N-ethyl adjacent to an activating group) is 1. The van der Waals surface area contributed by atoms with Crippen molar-refractivity contribution in [1.29, 1.82) is 0 Å². The van der Waals surface area contributed by atoms with Crippen molar-refractivity contribution >= 4 is 36.2 Å². The number of hydrogen-bond acceptors (Lipinski definition) is 3. The van der Waals surface area contributed by atoms with Crippen LogP contribution in [0.1, 0.15) is 24.4 Å². The smallest absolute Gasteiger partial charge is 0.0797 e. The van der Waals surface area contributed by atoms with Crippen LogP contribution in [0.4, 0.5) is 0 Å². The van der Waals surface area contributed by atoms with Gasteiger partial charge in [-0.2, -0.15) is 0 Å². The summed E-state index contributed by atoms with van der Waals surface area (Å²) >= 11 is 1.77. The van der Waals surface area contributed by atoms with Crippen molar-refractivity contribution in [3.8, 4) is 0 Å². The number of aromatic nitrogens is 1. The standard InChI is InChI=1S/C10H18N2S.2ClH/c1-4-12(5-2)7-6-10-9(3)11-8-13-10;;/h8H,4-7H2,1-3H3;2*1H. The van der Waals surface area contributed by atoms with Crippen molar-refractivity contribution in [2.45, 2.75) is 27.2 Å². The number of rotatable bonds is 5. The summed E-state index contributed by atoms with van der Waals surface area (Å²) in [6, 6.07) is 0. The van der Waals surface area contributed by atoms with Gasteiger partial charge in [-0.1, -0.05) is 13.8 Å². The molecule has 0 radical (unpaired) electrons. The summed E-state index contributed by atoms with van der Waals surface area (Å²) in [6.07, 6.45) is 1.15. The predicted molar refractivity (Wildman–Crippen MR) is 72.8 cm³/mol. The van der Waals surface area contributed by atoms with Gasteiger partial charge in [-0.15, -0.1) is 36.2 Å². The molecule has 0 saturated carbocycles. The largest absolute Gasteiger partial charge is 0.304 e. The summed E-state index contributed by atoms with van der Waals surface area (Å²) in [5, 5.41) is 0. The first-order valence-electron chi connectivity index (χ1n) is 4.89. The fraction of sp³-hybridized carbons (Fsp3) is 0.700. The topological polar surface area (TPSA) is 16.1 Å². The molecule has 0 bridgehead atoms. The first-order chi connectivity index (χ1) is 6.27. The van der Waals surface area contributed by atoms with Crippen LogP contribution in [-0.4, -0.2) is 29.5 Å². The minimum atomic E-state index is 0. The molecule has 90 valence electrons. The summed E-state index contributed by atoms with van der Waals surface area (Å²) in [4.78, 5) is 8.13. The fourth-order valence-corrected chi connectivity index (χ4v) is 2.14. The number of halogens is 2. The van der Waals surface area contributed by atoms with Crippen molar-refractivity contribution in [1.82, 2.24) is 9.88 Å². The van der Waals surface area contributed by atoms with Gasteiger partial charge in [0.1, 0.15) is 0 Å². The molecule has 5 heteroatoms. The molecule has 0 amide bonds. The van der Waals surface area contributed by atoms with E-state index in [9.17, 15) is 0 Å². The molecule has 0 aliphatic carbocycles. The Bertz CT molecular complexity index is 249. The molecule has 1 heterocycles. The van der Waals surface area contributed by atoms with Crippen molar-refractivity contribution in [3.05, 3.63) is 16.1 Å². The van der Waals surface area contributed by atoms with Crippen LogP contribution in [-0.2, 0) is 6.42 Å². The van der Waals surface area contributed by atoms with Gasteiger partial charge in [0, 0.05) is 11.4 Å². The van der Waals surface area contributed by atoms with E-state index in [2.05, 4.69) is 30.7 Å². The molecule has 0 spiro atoms. The van der Waals surface area contributed by atoms with E-state index in [1.807, 2.05) is 5.51 Å². The molecule has 15 heavy (non-hydrogen) atoms. The molecule has 1 aromatic rings. The maximum Gasteiger partial charge on any atom is 0.0797 e. The number of thiazole rings is 1. The van der Waals surface area contributed by atoms with E-state index in [1.54, 1.807) is 11.3 Å². The summed E-state index contributed by atoms with van der Waals surface area (Å²) in [5.41, 5.74) is 3.14. The first kappa shape index (κ1) is 17.6. The van der Waals surface area contributed by atoms with E-state index in [-0.39, 0.29) is 24.8 Å². The maximum atomic E-state index is 4.25. The highest BCUT2D eigenvalue weighted by molar-refractivity contribution is 7.09. The van der Waals surface area contributed by atoms with E-state index in [4.69, 9.17) is 0 Å². The summed E-state index contributed by atoms with van der Waals surface area (Å²) in [6.45, 7) is 9.97. The van der Waals surface area contributed by atoms with Crippen LogP contribution in [0.25, 0.3) is 0 Å². The average Bonchev–Trinajstić information content (AvgIpc) is 2.54. The van der Waals surface area contributed by atoms with Crippen LogP contribution >= 0.6 is 36.2 Å². The molecule has 0 saturated heterocycles. The Morgan fingerprint density at radius 2 is 1.87 bits per heavy atom. The molecule has 0 fully saturated rings. The van der Waals surface area contributed by atoms with Gasteiger partial charge in [-0.05, 0) is 26.4 Å². The minimum Gasteiger partial charge on any atom is -0.304 e. The third kappa shape index (κ3) is 5.71. The van der Waals surface area contributed by atoms with Crippen molar-refractivity contribution in [3.63, 3.8) is 0 Å². The van der Waals surface area contributed by atoms with Gasteiger partial charge < -0.3 is 4.90 Å². The first-order valence-corrected chi connectivity index (χ1v) is 5.77. The molecule has 1 aromatic heterocycles. The Balaban J connectivity index is 0. The second-order valence-electron chi connectivity index (χ2n) is 3.14. The Hall–Kier alpha value is 0.170. The molecule has 1 rings (SSSR count). The van der Waals surface area contributed by atoms with Crippen LogP contribution in [0, 0.1) is 6.92 Å². The van der Waals surface area contributed by atoms with Gasteiger partial charge >= 0.3 is 0 Å². The summed E-state index contributed by atoms with van der Waals surface area (Å²) in [7, 11) is 0. The SMILES string of the molecule is CCN(CC)CCc1scnc1C.Cl.Cl. The van der Waals surface area contributed by atoms with E-state index in [1.165, 1.54) is 10.6 Å². The quantitative estimate of drug-likeness (QED) is 0.817. The van der Waals surface area contributed by atoms with Gasteiger partial charge in [-0.25, -0.2) is 4.98 Å². The Labute approximate surface area is 109 Å². The van der Waals surface area contributed by atoms with Crippen molar-refractivity contribution < 1.29 is 0 Å². The van der Waals surface area contributed by atoms with Crippen LogP contribution in [0.2, 0.25) is 0 Å². The Morgan fingerprint density at radius 3 is 2.27 bits per heavy atom. The highest BCUT2D eigenvalue weighted by Crippen LogP contribution is 2.12. The Morgan fingerprint density at radius 1 is 1.27 bits per heavy atom. The zero-order valence-electron chi connectivity index (χ0n) is 9.52. The Kier molecular flexibility index (Phi) is 11.0. The molecule has 0 unspecified atom stereocenters. The molecule has 0 aromatic carbocycles. The molecule has 0 aliphatic heterocycles. The van der Waals surface area contributed by atoms with E-state index in [0.29, 0.717) is 0 Å². The highest BCUT2D eigenvalue weighted by atomic mass is 35.5. The molecule has 0 atom stereocenters. The minimum absolute atomic E-state index is 0. The zero-order valence-corrected chi connectivity index (χ0v) is 12.0. The normalized spacial score (nSPS) is 9.60. The predicted octanol–water partition coefficient (Wildman–Crippen LogP) is 3.18. The number of hydrogen-bond donors (Lipinski definition) is 0. The lowest BCUT2D eigenvalue weighted by atomic mass is 10.3. The van der Waals surface area contributed by atoms with Gasteiger partial charge in [0.15, 0.2) is 0 Å². The maximum absolute atomic E-state index is 4.25. The van der Waals surface area contributed by atoms with Crippen LogP contribution in [0.3, 0.4) is 0 Å². The van der Waals surface area contributed by atoms with Gasteiger partial charge in [0.2, 0.25) is 0 Å². The van der Waals surface area contributed by atoms with Crippen LogP contribution in [0.5, 0.6) is 0 Å². The third-order valence-corrected chi connectivity index (χ3v) is 3.39. The van der Waals surface area contributed by atoms with E-state index >= 15 is 0 Å². The van der Waals surface area contributed by atoms with Crippen molar-refractivity contribution in [2.75, 3.05) is 19.6 Å². The molecular weight excluding hydrogens is 251 g/mol. The molecular formula is C10H20Cl2N2S. The van der Waals surface area contributed by atoms with Crippen LogP contribution in [0.15, 0.2) is 5.51 Å². The lowest BCUT2D eigenvalue weighted by Gasteiger charge is -2.17. The van der Waals surface area contributed by atoms with Crippen molar-refractivity contribution in [2.24, 2.45) is 0 Å². The lowest BCUT2D eigenvalue weighted by molar-refractivity contribution is 0.308. The van der Waals surface area contributed by atoms with Gasteiger partial charge in [0.25, 0.3) is 0 Å². The van der Waals surface area contributed by atoms with Gasteiger partial charge in [0.05, 0.1) is 11.2 Å².